The van der Waals surface area contributed by atoms with Crippen molar-refractivity contribution in [2.75, 3.05) is 0 Å². The lowest BCUT2D eigenvalue weighted by atomic mass is 10.0. The second-order valence-electron chi connectivity index (χ2n) is 5.59. The van der Waals surface area contributed by atoms with Crippen molar-refractivity contribution in [2.24, 2.45) is 0 Å². The third kappa shape index (κ3) is 3.42. The van der Waals surface area contributed by atoms with Gasteiger partial charge in [-0.05, 0) is 47.0 Å². The minimum absolute atomic E-state index is 0.241. The molecule has 0 amide bonds. The van der Waals surface area contributed by atoms with E-state index in [1.165, 1.54) is 0 Å². The second kappa shape index (κ2) is 6.83. The molecule has 4 heteroatoms. The van der Waals surface area contributed by atoms with Gasteiger partial charge in [0.05, 0.1) is 11.4 Å². The molecule has 0 atom stereocenters. The molecule has 0 fully saturated rings. The summed E-state index contributed by atoms with van der Waals surface area (Å²) in [5.41, 5.74) is 5.84. The van der Waals surface area contributed by atoms with Gasteiger partial charge in [-0.25, -0.2) is 9.97 Å². The molecule has 2 aromatic carbocycles. The topological polar surface area (TPSA) is 38.7 Å². The average molecular weight is 344 g/mol. The van der Waals surface area contributed by atoms with E-state index in [9.17, 15) is 0 Å². The molecule has 0 unspecified atom stereocenters. The van der Waals surface area contributed by atoms with Gasteiger partial charge in [-0.15, -0.1) is 0 Å². The molecule has 4 aromatic rings. The standard InChI is InChI=1S/C21H14ClN3/c22-21-24-19(16-5-2-1-3-6-16)14-20(25-21)18-8-4-7-17(13-18)15-9-11-23-12-10-15/h1-14H. The zero-order valence-electron chi connectivity index (χ0n) is 13.3. The summed E-state index contributed by atoms with van der Waals surface area (Å²) in [6, 6.07) is 24.1. The summed E-state index contributed by atoms with van der Waals surface area (Å²) in [4.78, 5) is 12.8. The number of hydrogen-bond acceptors (Lipinski definition) is 3. The van der Waals surface area contributed by atoms with Gasteiger partial charge >= 0.3 is 0 Å². The lowest BCUT2D eigenvalue weighted by Gasteiger charge is -2.08. The molecular weight excluding hydrogens is 330 g/mol. The van der Waals surface area contributed by atoms with Crippen molar-refractivity contribution in [3.63, 3.8) is 0 Å². The highest BCUT2D eigenvalue weighted by atomic mass is 35.5. The van der Waals surface area contributed by atoms with Crippen molar-refractivity contribution in [3.05, 3.63) is 90.5 Å². The van der Waals surface area contributed by atoms with Crippen LogP contribution in [-0.2, 0) is 0 Å². The SMILES string of the molecule is Clc1nc(-c2ccccc2)cc(-c2cccc(-c3ccncc3)c2)n1. The van der Waals surface area contributed by atoms with E-state index in [2.05, 4.69) is 27.1 Å². The smallest absolute Gasteiger partial charge is 0.223 e. The number of halogens is 1. The van der Waals surface area contributed by atoms with Crippen molar-refractivity contribution in [3.8, 4) is 33.6 Å². The van der Waals surface area contributed by atoms with Gasteiger partial charge in [0.2, 0.25) is 5.28 Å². The number of hydrogen-bond donors (Lipinski definition) is 0. The van der Waals surface area contributed by atoms with E-state index < -0.39 is 0 Å². The van der Waals surface area contributed by atoms with Crippen molar-refractivity contribution in [1.29, 1.82) is 0 Å². The number of nitrogens with zero attached hydrogens (tertiary/aromatic N) is 3. The lowest BCUT2D eigenvalue weighted by molar-refractivity contribution is 1.18. The number of benzene rings is 2. The zero-order chi connectivity index (χ0) is 17.1. The fourth-order valence-corrected chi connectivity index (χ4v) is 2.91. The van der Waals surface area contributed by atoms with E-state index in [1.54, 1.807) is 12.4 Å². The van der Waals surface area contributed by atoms with E-state index in [0.29, 0.717) is 0 Å². The molecule has 0 aliphatic heterocycles. The molecule has 0 N–H and O–H groups in total. The van der Waals surface area contributed by atoms with Crippen LogP contribution in [-0.4, -0.2) is 15.0 Å². The Morgan fingerprint density at radius 2 is 1.20 bits per heavy atom. The van der Waals surface area contributed by atoms with E-state index in [0.717, 1.165) is 33.6 Å². The van der Waals surface area contributed by atoms with Gasteiger partial charge in [0.25, 0.3) is 0 Å². The summed E-state index contributed by atoms with van der Waals surface area (Å²) in [6.45, 7) is 0. The normalized spacial score (nSPS) is 10.6. The Kier molecular flexibility index (Phi) is 4.23. The molecule has 0 saturated carbocycles. The van der Waals surface area contributed by atoms with Gasteiger partial charge in [-0.2, -0.15) is 0 Å². The molecule has 0 saturated heterocycles. The first-order valence-electron chi connectivity index (χ1n) is 7.90. The van der Waals surface area contributed by atoms with Gasteiger partial charge in [-0.1, -0.05) is 48.5 Å². The first kappa shape index (κ1) is 15.5. The molecule has 0 bridgehead atoms. The quantitative estimate of drug-likeness (QED) is 0.459. The van der Waals surface area contributed by atoms with Crippen LogP contribution in [0, 0.1) is 0 Å². The molecule has 0 aliphatic carbocycles. The molecule has 3 nitrogen and oxygen atoms in total. The maximum atomic E-state index is 6.18. The zero-order valence-corrected chi connectivity index (χ0v) is 14.1. The summed E-state index contributed by atoms with van der Waals surface area (Å²) in [6.07, 6.45) is 3.58. The van der Waals surface area contributed by atoms with Crippen LogP contribution in [0.2, 0.25) is 5.28 Å². The highest BCUT2D eigenvalue weighted by molar-refractivity contribution is 6.28. The van der Waals surface area contributed by atoms with Gasteiger partial charge in [0.1, 0.15) is 0 Å². The first-order valence-corrected chi connectivity index (χ1v) is 8.28. The molecule has 0 spiro atoms. The molecule has 120 valence electrons. The van der Waals surface area contributed by atoms with Crippen LogP contribution in [0.4, 0.5) is 0 Å². The van der Waals surface area contributed by atoms with E-state index in [-0.39, 0.29) is 5.28 Å². The Morgan fingerprint density at radius 3 is 1.96 bits per heavy atom. The summed E-state index contributed by atoms with van der Waals surface area (Å²) in [7, 11) is 0. The maximum Gasteiger partial charge on any atom is 0.223 e. The predicted molar refractivity (Wildman–Crippen MR) is 101 cm³/mol. The second-order valence-corrected chi connectivity index (χ2v) is 5.93. The van der Waals surface area contributed by atoms with E-state index >= 15 is 0 Å². The summed E-state index contributed by atoms with van der Waals surface area (Å²) in [5.74, 6) is 0. The van der Waals surface area contributed by atoms with Crippen molar-refractivity contribution >= 4 is 11.6 Å². The molecule has 0 aliphatic rings. The van der Waals surface area contributed by atoms with Crippen LogP contribution in [0.3, 0.4) is 0 Å². The highest BCUT2D eigenvalue weighted by Crippen LogP contribution is 2.28. The first-order chi connectivity index (χ1) is 12.3. The predicted octanol–water partition coefficient (Wildman–Crippen LogP) is 5.53. The van der Waals surface area contributed by atoms with Crippen LogP contribution in [0.25, 0.3) is 33.6 Å². The molecular formula is C21H14ClN3. The van der Waals surface area contributed by atoms with Gasteiger partial charge in [0.15, 0.2) is 0 Å². The minimum atomic E-state index is 0.241. The van der Waals surface area contributed by atoms with Gasteiger partial charge in [0, 0.05) is 23.5 Å². The van der Waals surface area contributed by atoms with Crippen LogP contribution < -0.4 is 0 Å². The van der Waals surface area contributed by atoms with Crippen molar-refractivity contribution in [2.45, 2.75) is 0 Å². The molecule has 0 radical (unpaired) electrons. The minimum Gasteiger partial charge on any atom is -0.265 e. The highest BCUT2D eigenvalue weighted by Gasteiger charge is 2.08. The molecule has 2 aromatic heterocycles. The van der Waals surface area contributed by atoms with Crippen LogP contribution in [0.15, 0.2) is 85.2 Å². The van der Waals surface area contributed by atoms with Crippen LogP contribution >= 0.6 is 11.6 Å². The van der Waals surface area contributed by atoms with Gasteiger partial charge in [-0.3, -0.25) is 4.98 Å². The molecule has 2 heterocycles. The Morgan fingerprint density at radius 1 is 0.560 bits per heavy atom. The Labute approximate surface area is 151 Å². The fourth-order valence-electron chi connectivity index (χ4n) is 2.72. The summed E-state index contributed by atoms with van der Waals surface area (Å²) in [5, 5.41) is 0.241. The summed E-state index contributed by atoms with van der Waals surface area (Å²) < 4.78 is 0. The van der Waals surface area contributed by atoms with Crippen molar-refractivity contribution in [1.82, 2.24) is 15.0 Å². The van der Waals surface area contributed by atoms with Crippen LogP contribution in [0.1, 0.15) is 0 Å². The maximum absolute atomic E-state index is 6.18. The van der Waals surface area contributed by atoms with Crippen LogP contribution in [0.5, 0.6) is 0 Å². The largest absolute Gasteiger partial charge is 0.265 e. The van der Waals surface area contributed by atoms with Crippen molar-refractivity contribution < 1.29 is 0 Å². The van der Waals surface area contributed by atoms with E-state index in [1.807, 2.05) is 60.7 Å². The molecule has 4 rings (SSSR count). The monoisotopic (exact) mass is 343 g/mol. The average Bonchev–Trinajstić information content (AvgIpc) is 2.69. The third-order valence-corrected chi connectivity index (χ3v) is 4.11. The summed E-state index contributed by atoms with van der Waals surface area (Å²) >= 11 is 6.18. The lowest BCUT2D eigenvalue weighted by Crippen LogP contribution is -1.92. The van der Waals surface area contributed by atoms with E-state index in [4.69, 9.17) is 11.6 Å². The third-order valence-electron chi connectivity index (χ3n) is 3.94. The Bertz CT molecular complexity index is 1000. The van der Waals surface area contributed by atoms with Gasteiger partial charge < -0.3 is 0 Å². The number of aromatic nitrogens is 3. The number of pyridine rings is 1. The number of rotatable bonds is 3. The Hall–Kier alpha value is -3.04. The Balaban J connectivity index is 1.79. The fraction of sp³-hybridized carbons (Fsp3) is 0. The molecule has 25 heavy (non-hydrogen) atoms.